The van der Waals surface area contributed by atoms with Crippen LogP contribution >= 0.6 is 24.8 Å². The summed E-state index contributed by atoms with van der Waals surface area (Å²) in [7, 11) is 0. The molecule has 0 aromatic rings. The quantitative estimate of drug-likeness (QED) is 0.802. The molecule has 0 aromatic carbocycles. The average Bonchev–Trinajstić information content (AvgIpc) is 2.18. The van der Waals surface area contributed by atoms with E-state index >= 15 is 0 Å². The maximum atomic E-state index is 12.7. The monoisotopic (exact) mass is 294 g/mol. The Bertz CT molecular complexity index is 206. The summed E-state index contributed by atoms with van der Waals surface area (Å²) in [6.45, 7) is 5.69. The van der Waals surface area contributed by atoms with Gasteiger partial charge in [-0.1, -0.05) is 6.08 Å². The van der Waals surface area contributed by atoms with E-state index in [-0.39, 0.29) is 31.2 Å². The van der Waals surface area contributed by atoms with Crippen molar-refractivity contribution < 1.29 is 13.2 Å². The molecule has 0 bridgehead atoms. The van der Waals surface area contributed by atoms with Crippen LogP contribution in [0.4, 0.5) is 13.2 Å². The van der Waals surface area contributed by atoms with E-state index in [0.29, 0.717) is 32.6 Å². The Labute approximate surface area is 112 Å². The first-order valence-corrected chi connectivity index (χ1v) is 5.18. The van der Waals surface area contributed by atoms with E-state index in [1.165, 1.54) is 4.90 Å². The van der Waals surface area contributed by atoms with Gasteiger partial charge in [-0.2, -0.15) is 13.2 Å². The zero-order valence-corrected chi connectivity index (χ0v) is 11.1. The highest BCUT2D eigenvalue weighted by Crippen LogP contribution is 2.28. The molecule has 1 N–H and O–H groups in total. The first-order chi connectivity index (χ1) is 7.05. The lowest BCUT2D eigenvalue weighted by Crippen LogP contribution is -2.53. The molecule has 0 radical (unpaired) electrons. The first kappa shape index (κ1) is 19.4. The molecular weight excluding hydrogens is 276 g/mol. The first-order valence-electron chi connectivity index (χ1n) is 5.18. The standard InChI is InChI=1S/C10H17F3N2.2ClH/c1-2-3-4-9(10(11,12)13)15-7-5-14-6-8-15;;/h2,9,14H,1,3-8H2;2*1H/t9-;;/m0../s1. The normalized spacial score (nSPS) is 18.8. The van der Waals surface area contributed by atoms with Gasteiger partial charge >= 0.3 is 6.18 Å². The molecule has 17 heavy (non-hydrogen) atoms. The Balaban J connectivity index is 0. The van der Waals surface area contributed by atoms with E-state index in [4.69, 9.17) is 0 Å². The fourth-order valence-corrected chi connectivity index (χ4v) is 1.82. The molecule has 1 saturated heterocycles. The van der Waals surface area contributed by atoms with Crippen molar-refractivity contribution in [1.29, 1.82) is 0 Å². The summed E-state index contributed by atoms with van der Waals surface area (Å²) in [6, 6.07) is -1.31. The maximum absolute atomic E-state index is 12.7. The molecule has 7 heteroatoms. The third kappa shape index (κ3) is 6.50. The third-order valence-corrected chi connectivity index (χ3v) is 2.61. The third-order valence-electron chi connectivity index (χ3n) is 2.61. The van der Waals surface area contributed by atoms with Gasteiger partial charge in [0.2, 0.25) is 0 Å². The topological polar surface area (TPSA) is 15.3 Å². The van der Waals surface area contributed by atoms with Crippen LogP contribution in [0.15, 0.2) is 12.7 Å². The number of nitrogens with zero attached hydrogens (tertiary/aromatic N) is 1. The van der Waals surface area contributed by atoms with E-state index < -0.39 is 12.2 Å². The summed E-state index contributed by atoms with van der Waals surface area (Å²) >= 11 is 0. The minimum Gasteiger partial charge on any atom is -0.314 e. The molecule has 0 spiro atoms. The predicted molar refractivity (Wildman–Crippen MR) is 68.2 cm³/mol. The van der Waals surface area contributed by atoms with Crippen LogP contribution in [0, 0.1) is 0 Å². The van der Waals surface area contributed by atoms with Gasteiger partial charge in [0.05, 0.1) is 0 Å². The van der Waals surface area contributed by atoms with Gasteiger partial charge in [-0.3, -0.25) is 4.90 Å². The second-order valence-electron chi connectivity index (χ2n) is 3.71. The number of hydrogen-bond acceptors (Lipinski definition) is 2. The molecule has 0 saturated carbocycles. The second-order valence-corrected chi connectivity index (χ2v) is 3.71. The smallest absolute Gasteiger partial charge is 0.314 e. The Morgan fingerprint density at radius 3 is 2.18 bits per heavy atom. The molecule has 1 rings (SSSR count). The molecule has 0 aliphatic carbocycles. The molecule has 104 valence electrons. The van der Waals surface area contributed by atoms with Gasteiger partial charge < -0.3 is 5.32 Å². The van der Waals surface area contributed by atoms with Crippen molar-refractivity contribution in [2.45, 2.75) is 25.1 Å². The average molecular weight is 295 g/mol. The highest BCUT2D eigenvalue weighted by Gasteiger charge is 2.42. The van der Waals surface area contributed by atoms with Crippen molar-refractivity contribution in [2.75, 3.05) is 26.2 Å². The van der Waals surface area contributed by atoms with Crippen LogP contribution in [-0.4, -0.2) is 43.3 Å². The molecule has 1 aliphatic heterocycles. The lowest BCUT2D eigenvalue weighted by atomic mass is 10.1. The molecule has 0 aromatic heterocycles. The number of piperazine rings is 1. The Hall–Kier alpha value is 0.0300. The summed E-state index contributed by atoms with van der Waals surface area (Å²) in [5.41, 5.74) is 0. The van der Waals surface area contributed by atoms with Gasteiger partial charge in [0.1, 0.15) is 6.04 Å². The van der Waals surface area contributed by atoms with Crippen molar-refractivity contribution in [3.63, 3.8) is 0 Å². The summed E-state index contributed by atoms with van der Waals surface area (Å²) in [5.74, 6) is 0. The van der Waals surface area contributed by atoms with Crippen molar-refractivity contribution in [3.05, 3.63) is 12.7 Å². The highest BCUT2D eigenvalue weighted by atomic mass is 35.5. The minimum absolute atomic E-state index is 0. The number of nitrogens with one attached hydrogen (secondary N) is 1. The molecule has 0 amide bonds. The highest BCUT2D eigenvalue weighted by molar-refractivity contribution is 5.85. The summed E-state index contributed by atoms with van der Waals surface area (Å²) in [6.07, 6.45) is -2.05. The largest absolute Gasteiger partial charge is 0.404 e. The van der Waals surface area contributed by atoms with Gasteiger partial charge in [-0.25, -0.2) is 0 Å². The van der Waals surface area contributed by atoms with Crippen LogP contribution in [0.5, 0.6) is 0 Å². The van der Waals surface area contributed by atoms with Crippen LogP contribution in [0.3, 0.4) is 0 Å². The van der Waals surface area contributed by atoms with Crippen LogP contribution < -0.4 is 5.32 Å². The molecule has 1 heterocycles. The van der Waals surface area contributed by atoms with E-state index in [1.807, 2.05) is 0 Å². The van der Waals surface area contributed by atoms with Gasteiger partial charge in [0.15, 0.2) is 0 Å². The fourth-order valence-electron chi connectivity index (χ4n) is 1.82. The second kappa shape index (κ2) is 9.03. The molecule has 0 unspecified atom stereocenters. The van der Waals surface area contributed by atoms with E-state index in [2.05, 4.69) is 11.9 Å². The van der Waals surface area contributed by atoms with Gasteiger partial charge in [0, 0.05) is 26.2 Å². The van der Waals surface area contributed by atoms with Gasteiger partial charge in [-0.15, -0.1) is 31.4 Å². The summed E-state index contributed by atoms with van der Waals surface area (Å²) in [4.78, 5) is 1.51. The predicted octanol–water partition coefficient (Wildman–Crippen LogP) is 2.63. The molecule has 2 nitrogen and oxygen atoms in total. The van der Waals surface area contributed by atoms with Crippen LogP contribution in [0.2, 0.25) is 0 Å². The number of halogens is 5. The van der Waals surface area contributed by atoms with Crippen molar-refractivity contribution in [3.8, 4) is 0 Å². The van der Waals surface area contributed by atoms with Crippen LogP contribution in [-0.2, 0) is 0 Å². The summed E-state index contributed by atoms with van der Waals surface area (Å²) < 4.78 is 38.2. The zero-order chi connectivity index (χ0) is 11.3. The Morgan fingerprint density at radius 1 is 1.24 bits per heavy atom. The van der Waals surface area contributed by atoms with E-state index in [0.717, 1.165) is 0 Å². The zero-order valence-electron chi connectivity index (χ0n) is 9.50. The maximum Gasteiger partial charge on any atom is 0.404 e. The molecule has 1 aliphatic rings. The lowest BCUT2D eigenvalue weighted by Gasteiger charge is -2.35. The molecule has 1 fully saturated rings. The number of alkyl halides is 3. The van der Waals surface area contributed by atoms with E-state index in [9.17, 15) is 13.2 Å². The lowest BCUT2D eigenvalue weighted by molar-refractivity contribution is -0.186. The van der Waals surface area contributed by atoms with E-state index in [1.54, 1.807) is 6.08 Å². The SMILES string of the molecule is C=CCC[C@H](N1CCNCC1)C(F)(F)F.Cl.Cl. The van der Waals surface area contributed by atoms with Gasteiger partial charge in [0.25, 0.3) is 0 Å². The molecule has 1 atom stereocenters. The van der Waals surface area contributed by atoms with Crippen molar-refractivity contribution in [2.24, 2.45) is 0 Å². The number of hydrogen-bond donors (Lipinski definition) is 1. The number of rotatable bonds is 4. The minimum atomic E-state index is -4.12. The Morgan fingerprint density at radius 2 is 1.76 bits per heavy atom. The fraction of sp³-hybridized carbons (Fsp3) is 0.800. The van der Waals surface area contributed by atoms with Gasteiger partial charge in [-0.05, 0) is 12.8 Å². The summed E-state index contributed by atoms with van der Waals surface area (Å²) in [5, 5.41) is 3.05. The number of allylic oxidation sites excluding steroid dienone is 1. The molecular formula is C10H19Cl2F3N2. The van der Waals surface area contributed by atoms with Crippen molar-refractivity contribution >= 4 is 24.8 Å². The van der Waals surface area contributed by atoms with Crippen molar-refractivity contribution in [1.82, 2.24) is 10.2 Å². The van der Waals surface area contributed by atoms with Crippen LogP contribution in [0.25, 0.3) is 0 Å². The van der Waals surface area contributed by atoms with Crippen LogP contribution in [0.1, 0.15) is 12.8 Å². The Kier molecular flexibility index (Phi) is 10.3.